The van der Waals surface area contributed by atoms with E-state index in [0.29, 0.717) is 10.4 Å². The highest BCUT2D eigenvalue weighted by molar-refractivity contribution is 7.66. The van der Waals surface area contributed by atoms with Crippen LogP contribution in [0.15, 0.2) is 29.3 Å². The first kappa shape index (κ1) is 13.3. The first-order valence-electron chi connectivity index (χ1n) is 4.46. The van der Waals surface area contributed by atoms with Crippen molar-refractivity contribution < 1.29 is 17.9 Å². The van der Waals surface area contributed by atoms with Crippen LogP contribution in [0.3, 0.4) is 0 Å². The fourth-order valence-electron chi connectivity index (χ4n) is 1.06. The summed E-state index contributed by atoms with van der Waals surface area (Å²) in [5.74, 6) is -0.292. The van der Waals surface area contributed by atoms with Gasteiger partial charge >= 0.3 is 6.36 Å². The molecule has 0 spiro atoms. The zero-order valence-electron chi connectivity index (χ0n) is 8.44. The number of hydrogen-bond acceptors (Lipinski definition) is 5. The summed E-state index contributed by atoms with van der Waals surface area (Å²) in [5.41, 5.74) is 0.475. The third kappa shape index (κ3) is 3.69. The Kier molecular flexibility index (Phi) is 3.88. The predicted octanol–water partition coefficient (Wildman–Crippen LogP) is 3.99. The van der Waals surface area contributed by atoms with Crippen molar-refractivity contribution in [3.63, 3.8) is 0 Å². The van der Waals surface area contributed by atoms with Crippen LogP contribution in [0.5, 0.6) is 5.75 Å². The fourth-order valence-corrected chi connectivity index (χ4v) is 3.06. The van der Waals surface area contributed by atoms with Gasteiger partial charge < -0.3 is 4.74 Å². The minimum absolute atomic E-state index is 0.278. The summed E-state index contributed by atoms with van der Waals surface area (Å²) in [5, 5.41) is 0.278. The third-order valence-corrected chi connectivity index (χ3v) is 3.88. The summed E-state index contributed by atoms with van der Waals surface area (Å²) in [4.78, 5) is 4.14. The van der Waals surface area contributed by atoms with E-state index < -0.39 is 6.36 Å². The number of alkyl halides is 3. The van der Waals surface area contributed by atoms with Gasteiger partial charge in [0.05, 0.1) is 5.69 Å². The Labute approximate surface area is 112 Å². The molecular formula is C9H4ClF3N2OS2. The maximum Gasteiger partial charge on any atom is 0.573 e. The molecule has 0 aliphatic rings. The van der Waals surface area contributed by atoms with Crippen LogP contribution in [0, 0.1) is 0 Å². The molecule has 0 aliphatic heterocycles. The van der Waals surface area contributed by atoms with Gasteiger partial charge in [-0.05, 0) is 34.6 Å². The second-order valence-corrected chi connectivity index (χ2v) is 5.19. The predicted molar refractivity (Wildman–Crippen MR) is 63.3 cm³/mol. The van der Waals surface area contributed by atoms with E-state index in [9.17, 15) is 13.2 Å². The van der Waals surface area contributed by atoms with Crippen LogP contribution < -0.4 is 9.41 Å². The zero-order chi connectivity index (χ0) is 13.2. The molecule has 1 heterocycles. The molecule has 0 radical (unpaired) electrons. The molecule has 18 heavy (non-hydrogen) atoms. The van der Waals surface area contributed by atoms with E-state index in [-0.39, 0.29) is 10.9 Å². The smallest absolute Gasteiger partial charge is 0.406 e. The molecule has 1 aromatic heterocycles. The Hall–Kier alpha value is -1.12. The molecule has 2 aromatic rings. The average molecular weight is 313 g/mol. The minimum atomic E-state index is -4.69. The molecule has 96 valence electrons. The van der Waals surface area contributed by atoms with E-state index in [1.807, 2.05) is 0 Å². The SMILES string of the molecule is FC(F)(F)Oc1ccc(N=c2ssnc2Cl)cc1. The highest BCUT2D eigenvalue weighted by Gasteiger charge is 2.30. The highest BCUT2D eigenvalue weighted by atomic mass is 35.5. The van der Waals surface area contributed by atoms with Crippen LogP contribution >= 0.6 is 32.5 Å². The monoisotopic (exact) mass is 312 g/mol. The maximum atomic E-state index is 11.9. The molecule has 0 unspecified atom stereocenters. The average Bonchev–Trinajstić information content (AvgIpc) is 2.65. The molecular weight excluding hydrogens is 309 g/mol. The molecule has 0 atom stereocenters. The Morgan fingerprint density at radius 2 is 1.89 bits per heavy atom. The lowest BCUT2D eigenvalue weighted by molar-refractivity contribution is -0.274. The standard InChI is InChI=1S/C9H4ClF3N2OS2/c10-7-8(17-18-15-7)14-5-1-3-6(4-2-5)16-9(11,12)13/h1-4H. The van der Waals surface area contributed by atoms with Crippen molar-refractivity contribution in [2.24, 2.45) is 4.99 Å². The molecule has 0 bridgehead atoms. The molecule has 0 saturated carbocycles. The summed E-state index contributed by atoms with van der Waals surface area (Å²) in [6, 6.07) is 5.18. The van der Waals surface area contributed by atoms with E-state index in [0.717, 1.165) is 0 Å². The van der Waals surface area contributed by atoms with Gasteiger partial charge in [0, 0.05) is 10.5 Å². The minimum Gasteiger partial charge on any atom is -0.406 e. The highest BCUT2D eigenvalue weighted by Crippen LogP contribution is 2.24. The molecule has 0 amide bonds. The first-order chi connectivity index (χ1) is 8.44. The van der Waals surface area contributed by atoms with Crippen molar-refractivity contribution in [1.29, 1.82) is 0 Å². The number of rotatable bonds is 2. The fraction of sp³-hybridized carbons (Fsp3) is 0.111. The van der Waals surface area contributed by atoms with Gasteiger partial charge in [-0.15, -0.1) is 13.2 Å². The van der Waals surface area contributed by atoms with E-state index in [2.05, 4.69) is 14.1 Å². The zero-order valence-corrected chi connectivity index (χ0v) is 10.8. The number of nitrogens with zero attached hydrogens (tertiary/aromatic N) is 2. The van der Waals surface area contributed by atoms with E-state index in [1.54, 1.807) is 0 Å². The quantitative estimate of drug-likeness (QED) is 0.786. The van der Waals surface area contributed by atoms with Crippen molar-refractivity contribution >= 4 is 38.2 Å². The number of benzene rings is 1. The van der Waals surface area contributed by atoms with E-state index >= 15 is 0 Å². The largest absolute Gasteiger partial charge is 0.573 e. The lowest BCUT2D eigenvalue weighted by Crippen LogP contribution is -2.16. The molecule has 0 fully saturated rings. The van der Waals surface area contributed by atoms with Gasteiger partial charge in [-0.25, -0.2) is 4.99 Å². The first-order valence-corrected chi connectivity index (χ1v) is 6.94. The van der Waals surface area contributed by atoms with Gasteiger partial charge in [-0.2, -0.15) is 4.37 Å². The van der Waals surface area contributed by atoms with E-state index in [4.69, 9.17) is 11.6 Å². The molecule has 0 N–H and O–H groups in total. The van der Waals surface area contributed by atoms with Crippen molar-refractivity contribution in [1.82, 2.24) is 4.37 Å². The van der Waals surface area contributed by atoms with Crippen LogP contribution in [0.1, 0.15) is 0 Å². The number of halogens is 4. The number of hydrogen-bond donors (Lipinski definition) is 0. The summed E-state index contributed by atoms with van der Waals surface area (Å²) in [7, 11) is 2.47. The van der Waals surface area contributed by atoms with Crippen molar-refractivity contribution in [3.05, 3.63) is 34.1 Å². The summed E-state index contributed by atoms with van der Waals surface area (Å²) < 4.78 is 43.9. The molecule has 9 heteroatoms. The van der Waals surface area contributed by atoms with E-state index in [1.165, 1.54) is 45.1 Å². The number of aromatic nitrogens is 1. The molecule has 2 rings (SSSR count). The lowest BCUT2D eigenvalue weighted by Gasteiger charge is -2.08. The topological polar surface area (TPSA) is 34.5 Å². The van der Waals surface area contributed by atoms with Gasteiger partial charge in [0.15, 0.2) is 9.82 Å². The molecule has 1 aromatic carbocycles. The normalized spacial score (nSPS) is 12.8. The molecule has 0 saturated heterocycles. The van der Waals surface area contributed by atoms with Crippen LogP contribution in [-0.2, 0) is 0 Å². The van der Waals surface area contributed by atoms with Crippen molar-refractivity contribution in [3.8, 4) is 5.75 Å². The number of ether oxygens (including phenoxy) is 1. The second kappa shape index (κ2) is 5.25. The van der Waals surface area contributed by atoms with Crippen LogP contribution in [0.25, 0.3) is 0 Å². The van der Waals surface area contributed by atoms with Crippen molar-refractivity contribution in [2.75, 3.05) is 0 Å². The Morgan fingerprint density at radius 3 is 2.39 bits per heavy atom. The van der Waals surface area contributed by atoms with Crippen LogP contribution in [0.4, 0.5) is 18.9 Å². The van der Waals surface area contributed by atoms with Gasteiger partial charge in [0.25, 0.3) is 0 Å². The van der Waals surface area contributed by atoms with Crippen LogP contribution in [0.2, 0.25) is 5.15 Å². The summed E-state index contributed by atoms with van der Waals surface area (Å²) in [6.07, 6.45) is -4.69. The van der Waals surface area contributed by atoms with Crippen molar-refractivity contribution in [2.45, 2.75) is 6.36 Å². The molecule has 0 aliphatic carbocycles. The lowest BCUT2D eigenvalue weighted by atomic mass is 10.3. The summed E-state index contributed by atoms with van der Waals surface area (Å²) >= 11 is 5.75. The third-order valence-electron chi connectivity index (χ3n) is 1.71. The Morgan fingerprint density at radius 1 is 1.22 bits per heavy atom. The van der Waals surface area contributed by atoms with Crippen LogP contribution in [-0.4, -0.2) is 10.7 Å². The molecule has 3 nitrogen and oxygen atoms in total. The maximum absolute atomic E-state index is 11.9. The summed E-state index contributed by atoms with van der Waals surface area (Å²) in [6.45, 7) is 0. The van der Waals surface area contributed by atoms with Gasteiger partial charge in [-0.3, -0.25) is 0 Å². The Balaban J connectivity index is 2.21. The van der Waals surface area contributed by atoms with Gasteiger partial charge in [0.1, 0.15) is 5.75 Å². The second-order valence-electron chi connectivity index (χ2n) is 3.00. The van der Waals surface area contributed by atoms with Gasteiger partial charge in [-0.1, -0.05) is 11.6 Å². The van der Waals surface area contributed by atoms with Gasteiger partial charge in [0.2, 0.25) is 0 Å². The Bertz CT molecular complexity index is 591.